The molecule has 2 fully saturated rings. The van der Waals surface area contributed by atoms with Crippen LogP contribution in [0.15, 0.2) is 11.6 Å². The highest BCUT2D eigenvalue weighted by atomic mass is 15.0. The van der Waals surface area contributed by atoms with E-state index in [0.29, 0.717) is 0 Å². The second-order valence-electron chi connectivity index (χ2n) is 9.77. The fourth-order valence-electron chi connectivity index (χ4n) is 6.74. The Morgan fingerprint density at radius 1 is 1.21 bits per heavy atom. The maximum atomic E-state index is 5.12. The van der Waals surface area contributed by atoms with Gasteiger partial charge in [-0.15, -0.1) is 11.1 Å². The van der Waals surface area contributed by atoms with E-state index in [2.05, 4.69) is 53.1 Å². The van der Waals surface area contributed by atoms with Crippen LogP contribution in [-0.2, 0) is 0 Å². The molecule has 0 bridgehead atoms. The molecule has 7 atom stereocenters. The SMILES string of the molecule is C[N-]C(C)(C)C[C@@H]1C[C@H](C)[C@H]2CC[C@H](C)[C@@]3([N-]C)CC=C(C)[C@@H]1[C@H]23. The first-order chi connectivity index (χ1) is 11.3. The van der Waals surface area contributed by atoms with Crippen molar-refractivity contribution in [3.63, 3.8) is 0 Å². The van der Waals surface area contributed by atoms with Crippen molar-refractivity contribution < 1.29 is 0 Å². The van der Waals surface area contributed by atoms with Gasteiger partial charge in [0, 0.05) is 0 Å². The molecule has 2 nitrogen and oxygen atoms in total. The van der Waals surface area contributed by atoms with Gasteiger partial charge in [-0.25, -0.2) is 0 Å². The second kappa shape index (κ2) is 6.43. The molecule has 0 aliphatic heterocycles. The van der Waals surface area contributed by atoms with Crippen molar-refractivity contribution in [2.75, 3.05) is 14.1 Å². The smallest absolute Gasteiger partial charge is 0.0158 e. The van der Waals surface area contributed by atoms with Crippen molar-refractivity contribution in [1.29, 1.82) is 0 Å². The average molecular weight is 331 g/mol. The summed E-state index contributed by atoms with van der Waals surface area (Å²) in [6, 6.07) is 0. The first-order valence-electron chi connectivity index (χ1n) is 10.1. The summed E-state index contributed by atoms with van der Waals surface area (Å²) < 4.78 is 0. The molecule has 0 aromatic carbocycles. The molecule has 0 aromatic heterocycles. The molecule has 3 aliphatic carbocycles. The Morgan fingerprint density at radius 3 is 2.54 bits per heavy atom. The first-order valence-corrected chi connectivity index (χ1v) is 10.1. The third-order valence-electron chi connectivity index (χ3n) is 8.19. The molecule has 0 N–H and O–H groups in total. The largest absolute Gasteiger partial charge is 0.660 e. The van der Waals surface area contributed by atoms with Crippen LogP contribution < -0.4 is 0 Å². The van der Waals surface area contributed by atoms with Crippen molar-refractivity contribution >= 4 is 0 Å². The maximum absolute atomic E-state index is 5.12. The molecule has 0 heterocycles. The number of hydrogen-bond acceptors (Lipinski definition) is 0. The Bertz CT molecular complexity index is 494. The zero-order chi connectivity index (χ0) is 17.7. The van der Waals surface area contributed by atoms with Crippen molar-refractivity contribution in [3.8, 4) is 0 Å². The van der Waals surface area contributed by atoms with E-state index in [1.807, 2.05) is 7.05 Å². The molecule has 3 aliphatic rings. The van der Waals surface area contributed by atoms with Crippen LogP contribution in [0.25, 0.3) is 10.6 Å². The van der Waals surface area contributed by atoms with Crippen molar-refractivity contribution in [2.24, 2.45) is 35.5 Å². The van der Waals surface area contributed by atoms with Crippen molar-refractivity contribution in [3.05, 3.63) is 22.3 Å². The van der Waals surface area contributed by atoms with Crippen LogP contribution >= 0.6 is 0 Å². The summed E-state index contributed by atoms with van der Waals surface area (Å²) in [6.07, 6.45) is 9.11. The Labute approximate surface area is 150 Å². The van der Waals surface area contributed by atoms with Gasteiger partial charge in [0.15, 0.2) is 0 Å². The number of rotatable bonds is 4. The Hall–Kier alpha value is -0.340. The predicted molar refractivity (Wildman–Crippen MR) is 105 cm³/mol. The highest BCUT2D eigenvalue weighted by molar-refractivity contribution is 5.29. The lowest BCUT2D eigenvalue weighted by Gasteiger charge is -2.68. The topological polar surface area (TPSA) is 28.2 Å². The minimum atomic E-state index is 0.0985. The van der Waals surface area contributed by atoms with Gasteiger partial charge in [-0.2, -0.15) is 14.1 Å². The van der Waals surface area contributed by atoms with E-state index < -0.39 is 0 Å². The van der Waals surface area contributed by atoms with Gasteiger partial charge in [0.25, 0.3) is 0 Å². The summed E-state index contributed by atoms with van der Waals surface area (Å²) in [6.45, 7) is 12.0. The first kappa shape index (κ1) is 18.5. The Kier molecular flexibility index (Phi) is 4.94. The van der Waals surface area contributed by atoms with Gasteiger partial charge < -0.3 is 10.6 Å². The molecular formula is C22H38N2-2. The molecule has 0 unspecified atom stereocenters. The maximum Gasteiger partial charge on any atom is -0.0158 e. The van der Waals surface area contributed by atoms with Crippen LogP contribution in [0.1, 0.15) is 66.7 Å². The molecule has 138 valence electrons. The summed E-state index contributed by atoms with van der Waals surface area (Å²) in [4.78, 5) is 0. The molecular weight excluding hydrogens is 292 g/mol. The Balaban J connectivity index is 2.01. The molecule has 0 radical (unpaired) electrons. The molecule has 0 saturated heterocycles. The molecule has 0 aromatic rings. The van der Waals surface area contributed by atoms with Gasteiger partial charge in [0.2, 0.25) is 0 Å². The minimum Gasteiger partial charge on any atom is -0.660 e. The minimum absolute atomic E-state index is 0.0985. The summed E-state index contributed by atoms with van der Waals surface area (Å²) in [5.74, 6) is 4.69. The van der Waals surface area contributed by atoms with Gasteiger partial charge in [-0.1, -0.05) is 58.1 Å². The van der Waals surface area contributed by atoms with Gasteiger partial charge in [-0.05, 0) is 55.8 Å². The summed E-state index contributed by atoms with van der Waals surface area (Å²) in [5, 5.41) is 9.80. The van der Waals surface area contributed by atoms with Gasteiger partial charge in [0.05, 0.1) is 0 Å². The fraction of sp³-hybridized carbons (Fsp3) is 0.909. The Morgan fingerprint density at radius 2 is 1.92 bits per heavy atom. The van der Waals surface area contributed by atoms with Crippen LogP contribution in [0.3, 0.4) is 0 Å². The highest BCUT2D eigenvalue weighted by Crippen LogP contribution is 2.62. The molecule has 0 amide bonds. The summed E-state index contributed by atoms with van der Waals surface area (Å²) >= 11 is 0. The average Bonchev–Trinajstić information content (AvgIpc) is 2.54. The molecule has 0 spiro atoms. The molecule has 3 rings (SSSR count). The van der Waals surface area contributed by atoms with Crippen LogP contribution in [0.4, 0.5) is 0 Å². The lowest BCUT2D eigenvalue weighted by molar-refractivity contribution is -0.0453. The molecule has 2 saturated carbocycles. The monoisotopic (exact) mass is 330 g/mol. The van der Waals surface area contributed by atoms with E-state index in [1.165, 1.54) is 32.1 Å². The molecule has 2 heteroatoms. The van der Waals surface area contributed by atoms with E-state index in [0.717, 1.165) is 35.5 Å². The third kappa shape index (κ3) is 2.78. The third-order valence-corrected chi connectivity index (χ3v) is 8.19. The van der Waals surface area contributed by atoms with Gasteiger partial charge >= 0.3 is 0 Å². The van der Waals surface area contributed by atoms with Gasteiger partial charge in [0.1, 0.15) is 0 Å². The highest BCUT2D eigenvalue weighted by Gasteiger charge is 2.54. The lowest BCUT2D eigenvalue weighted by atomic mass is 9.45. The van der Waals surface area contributed by atoms with Crippen LogP contribution in [0, 0.1) is 35.5 Å². The fourth-order valence-corrected chi connectivity index (χ4v) is 6.74. The van der Waals surface area contributed by atoms with Gasteiger partial charge in [-0.3, -0.25) is 0 Å². The standard InChI is InChI=1S/C22H38N2/c1-14-10-11-22(24-7)16(3)8-9-18-15(2)12-17(19(14)20(18)22)13-21(4,5)23-6/h10,15-20H,8-9,11-13H2,1-7H3/q-2/t15-,16-,17-,18+,19-,20-,22-/m0/s1. The van der Waals surface area contributed by atoms with E-state index in [-0.39, 0.29) is 11.1 Å². The lowest BCUT2D eigenvalue weighted by Crippen LogP contribution is -2.59. The van der Waals surface area contributed by atoms with Crippen LogP contribution in [0.5, 0.6) is 0 Å². The van der Waals surface area contributed by atoms with E-state index in [4.69, 9.17) is 5.32 Å². The van der Waals surface area contributed by atoms with Crippen molar-refractivity contribution in [1.82, 2.24) is 0 Å². The van der Waals surface area contributed by atoms with E-state index in [1.54, 1.807) is 5.57 Å². The van der Waals surface area contributed by atoms with E-state index in [9.17, 15) is 0 Å². The predicted octanol–water partition coefficient (Wildman–Crippen LogP) is 6.19. The number of allylic oxidation sites excluding steroid dienone is 1. The summed E-state index contributed by atoms with van der Waals surface area (Å²) in [7, 11) is 4.09. The number of hydrogen-bond donors (Lipinski definition) is 0. The summed E-state index contributed by atoms with van der Waals surface area (Å²) in [5.41, 5.74) is 1.96. The zero-order valence-corrected chi connectivity index (χ0v) is 17.0. The van der Waals surface area contributed by atoms with Crippen molar-refractivity contribution in [2.45, 2.75) is 77.8 Å². The van der Waals surface area contributed by atoms with Crippen LogP contribution in [0.2, 0.25) is 0 Å². The zero-order valence-electron chi connectivity index (χ0n) is 17.0. The van der Waals surface area contributed by atoms with E-state index >= 15 is 0 Å². The normalized spacial score (nSPS) is 45.5. The molecule has 24 heavy (non-hydrogen) atoms. The quantitative estimate of drug-likeness (QED) is 0.550. The van der Waals surface area contributed by atoms with Crippen LogP contribution in [-0.4, -0.2) is 25.2 Å². The second-order valence-corrected chi connectivity index (χ2v) is 9.77. The number of nitrogens with zero attached hydrogens (tertiary/aromatic N) is 2.